The van der Waals surface area contributed by atoms with Gasteiger partial charge >= 0.3 is 0 Å². The molecule has 1 aromatic heterocycles. The predicted molar refractivity (Wildman–Crippen MR) is 104 cm³/mol. The highest BCUT2D eigenvalue weighted by molar-refractivity contribution is 5.73. The average molecular weight is 343 g/mol. The first-order valence-electron chi connectivity index (χ1n) is 9.11. The van der Waals surface area contributed by atoms with Crippen LogP contribution in [0.25, 0.3) is 11.8 Å². The van der Waals surface area contributed by atoms with Gasteiger partial charge in [0.25, 0.3) is 5.56 Å². The van der Waals surface area contributed by atoms with Gasteiger partial charge in [0.1, 0.15) is 5.75 Å². The molecule has 3 nitrogen and oxygen atoms in total. The number of aromatic hydroxyl groups is 1. The van der Waals surface area contributed by atoms with Gasteiger partial charge in [-0.3, -0.25) is 9.36 Å². The standard InChI is InChI=1S/C23H21NO2/c1-22(12-6-3-7-13-22)18-19(25)15-9-8-14-23(2)16-10-4-5-11-17(16)24(20(15)23)21(18)26/h3-12,25H,13-14H2,1-2H3. The number of pyridine rings is 1. The van der Waals surface area contributed by atoms with Crippen LogP contribution in [-0.2, 0) is 10.8 Å². The maximum Gasteiger partial charge on any atom is 0.263 e. The Labute approximate surface area is 152 Å². The summed E-state index contributed by atoms with van der Waals surface area (Å²) in [5, 5.41) is 11.2. The van der Waals surface area contributed by atoms with E-state index in [1.165, 1.54) is 0 Å². The summed E-state index contributed by atoms with van der Waals surface area (Å²) in [6, 6.07) is 8.12. The van der Waals surface area contributed by atoms with Gasteiger partial charge in [-0.05, 0) is 31.4 Å². The van der Waals surface area contributed by atoms with Crippen LogP contribution >= 0.6 is 0 Å². The summed E-state index contributed by atoms with van der Waals surface area (Å²) in [5.41, 5.74) is 3.41. The zero-order chi connectivity index (χ0) is 18.1. The molecule has 1 aromatic carbocycles. The van der Waals surface area contributed by atoms with Gasteiger partial charge in [-0.1, -0.05) is 61.6 Å². The molecule has 130 valence electrons. The van der Waals surface area contributed by atoms with Gasteiger partial charge in [0.05, 0.1) is 11.3 Å². The topological polar surface area (TPSA) is 42.2 Å². The summed E-state index contributed by atoms with van der Waals surface area (Å²) in [7, 11) is 0. The highest BCUT2D eigenvalue weighted by atomic mass is 16.3. The van der Waals surface area contributed by atoms with Gasteiger partial charge in [0, 0.05) is 22.1 Å². The van der Waals surface area contributed by atoms with Gasteiger partial charge in [-0.15, -0.1) is 0 Å². The Bertz CT molecular complexity index is 1100. The van der Waals surface area contributed by atoms with E-state index in [1.807, 2.05) is 54.0 Å². The van der Waals surface area contributed by atoms with E-state index in [9.17, 15) is 9.90 Å². The molecule has 3 heteroatoms. The van der Waals surface area contributed by atoms with E-state index in [4.69, 9.17) is 0 Å². The van der Waals surface area contributed by atoms with E-state index >= 15 is 0 Å². The van der Waals surface area contributed by atoms with Crippen molar-refractivity contribution in [2.45, 2.75) is 37.5 Å². The maximum absolute atomic E-state index is 13.6. The second-order valence-corrected chi connectivity index (χ2v) is 7.99. The van der Waals surface area contributed by atoms with Crippen LogP contribution in [0, 0.1) is 0 Å². The molecule has 0 spiro atoms. The molecular weight excluding hydrogens is 322 g/mol. The molecule has 2 heterocycles. The molecule has 26 heavy (non-hydrogen) atoms. The zero-order valence-corrected chi connectivity index (χ0v) is 15.0. The van der Waals surface area contributed by atoms with Gasteiger partial charge in [-0.25, -0.2) is 0 Å². The molecule has 1 N–H and O–H groups in total. The first kappa shape index (κ1) is 15.4. The largest absolute Gasteiger partial charge is 0.507 e. The van der Waals surface area contributed by atoms with E-state index in [1.54, 1.807) is 0 Å². The number of allylic oxidation sites excluding steroid dienone is 5. The summed E-state index contributed by atoms with van der Waals surface area (Å²) >= 11 is 0. The molecular formula is C23H21NO2. The van der Waals surface area contributed by atoms with Crippen molar-refractivity contribution in [3.63, 3.8) is 0 Å². The summed E-state index contributed by atoms with van der Waals surface area (Å²) in [6.45, 7) is 4.19. The quantitative estimate of drug-likeness (QED) is 0.836. The molecule has 0 radical (unpaired) electrons. The van der Waals surface area contributed by atoms with Gasteiger partial charge in [0.2, 0.25) is 0 Å². The number of benzene rings is 1. The van der Waals surface area contributed by atoms with Crippen molar-refractivity contribution < 1.29 is 5.11 Å². The average Bonchev–Trinajstić information content (AvgIpc) is 2.90. The minimum absolute atomic E-state index is 0.102. The fourth-order valence-corrected chi connectivity index (χ4v) is 4.92. The number of rotatable bonds is 1. The van der Waals surface area contributed by atoms with E-state index in [0.717, 1.165) is 28.9 Å². The maximum atomic E-state index is 13.6. The van der Waals surface area contributed by atoms with Crippen LogP contribution in [0.1, 0.15) is 49.1 Å². The van der Waals surface area contributed by atoms with Crippen LogP contribution in [-0.4, -0.2) is 9.67 Å². The summed E-state index contributed by atoms with van der Waals surface area (Å²) in [6.07, 6.45) is 13.6. The molecule has 0 saturated heterocycles. The van der Waals surface area contributed by atoms with Crippen molar-refractivity contribution in [3.8, 4) is 11.4 Å². The minimum atomic E-state index is -0.506. The minimum Gasteiger partial charge on any atom is -0.507 e. The summed E-state index contributed by atoms with van der Waals surface area (Å²) in [4.78, 5) is 13.6. The van der Waals surface area contributed by atoms with Crippen LogP contribution in [0.15, 0.2) is 59.4 Å². The van der Waals surface area contributed by atoms with Crippen LogP contribution in [0.4, 0.5) is 0 Å². The van der Waals surface area contributed by atoms with E-state index in [0.29, 0.717) is 12.0 Å². The van der Waals surface area contributed by atoms with Crippen LogP contribution in [0.5, 0.6) is 5.75 Å². The Kier molecular flexibility index (Phi) is 2.90. The highest BCUT2D eigenvalue weighted by Crippen LogP contribution is 2.51. The van der Waals surface area contributed by atoms with Gasteiger partial charge < -0.3 is 5.11 Å². The third-order valence-corrected chi connectivity index (χ3v) is 6.28. The van der Waals surface area contributed by atoms with E-state index < -0.39 is 5.41 Å². The van der Waals surface area contributed by atoms with Crippen molar-refractivity contribution in [3.05, 3.63) is 87.4 Å². The number of para-hydroxylation sites is 1. The highest BCUT2D eigenvalue weighted by Gasteiger charge is 2.46. The predicted octanol–water partition coefficient (Wildman–Crippen LogP) is 4.35. The normalized spacial score (nSPS) is 27.5. The van der Waals surface area contributed by atoms with E-state index in [-0.39, 0.29) is 16.7 Å². The van der Waals surface area contributed by atoms with Crippen LogP contribution < -0.4 is 5.56 Å². The molecule has 2 unspecified atom stereocenters. The number of hydrogen-bond acceptors (Lipinski definition) is 2. The Hall–Kier alpha value is -2.81. The third kappa shape index (κ3) is 1.70. The second-order valence-electron chi connectivity index (χ2n) is 7.99. The first-order valence-corrected chi connectivity index (χ1v) is 9.11. The fraction of sp³-hybridized carbons (Fsp3) is 0.261. The van der Waals surface area contributed by atoms with Crippen molar-refractivity contribution in [2.75, 3.05) is 0 Å². The lowest BCUT2D eigenvalue weighted by molar-refractivity contribution is 0.435. The summed E-state index contributed by atoms with van der Waals surface area (Å²) in [5.74, 6) is 0.138. The Morgan fingerprint density at radius 1 is 1.08 bits per heavy atom. The monoisotopic (exact) mass is 343 g/mol. The summed E-state index contributed by atoms with van der Waals surface area (Å²) < 4.78 is 1.85. The van der Waals surface area contributed by atoms with Crippen molar-refractivity contribution in [2.24, 2.45) is 0 Å². The number of nitrogens with zero attached hydrogens (tertiary/aromatic N) is 1. The lowest BCUT2D eigenvalue weighted by Crippen LogP contribution is -2.36. The molecule has 3 aliphatic rings. The number of fused-ring (bicyclic) bond motifs is 3. The van der Waals surface area contributed by atoms with Crippen molar-refractivity contribution in [1.29, 1.82) is 0 Å². The van der Waals surface area contributed by atoms with Crippen LogP contribution in [0.2, 0.25) is 0 Å². The lowest BCUT2D eigenvalue weighted by Gasteiger charge is -2.33. The first-order chi connectivity index (χ1) is 12.5. The molecule has 0 fully saturated rings. The van der Waals surface area contributed by atoms with E-state index in [2.05, 4.69) is 25.1 Å². The molecule has 2 aliphatic carbocycles. The number of hydrogen-bond donors (Lipinski definition) is 1. The smallest absolute Gasteiger partial charge is 0.263 e. The Morgan fingerprint density at radius 3 is 2.65 bits per heavy atom. The molecule has 2 atom stereocenters. The lowest BCUT2D eigenvalue weighted by atomic mass is 9.72. The van der Waals surface area contributed by atoms with Crippen molar-refractivity contribution >= 4 is 6.08 Å². The molecule has 0 saturated carbocycles. The molecule has 5 rings (SSSR count). The Morgan fingerprint density at radius 2 is 1.88 bits per heavy atom. The number of aromatic nitrogens is 1. The Balaban J connectivity index is 1.94. The van der Waals surface area contributed by atoms with Crippen LogP contribution in [0.3, 0.4) is 0 Å². The molecule has 2 aromatic rings. The second kappa shape index (κ2) is 4.88. The van der Waals surface area contributed by atoms with Gasteiger partial charge in [-0.2, -0.15) is 0 Å². The molecule has 0 bridgehead atoms. The molecule has 1 aliphatic heterocycles. The fourth-order valence-electron chi connectivity index (χ4n) is 4.92. The zero-order valence-electron chi connectivity index (χ0n) is 15.0. The third-order valence-electron chi connectivity index (χ3n) is 6.28. The molecule has 0 amide bonds. The SMILES string of the molecule is CC1(c2c(O)c3c4n(c2=O)-c2ccccc2C4(C)CC=C3)C=CC=CC1. The van der Waals surface area contributed by atoms with Gasteiger partial charge in [0.15, 0.2) is 0 Å². The van der Waals surface area contributed by atoms with Crippen molar-refractivity contribution in [1.82, 2.24) is 4.57 Å².